The van der Waals surface area contributed by atoms with E-state index in [9.17, 15) is 0 Å². The molecule has 5 aromatic rings. The molecule has 0 saturated heterocycles. The molecule has 6 rings (SSSR count). The predicted octanol–water partition coefficient (Wildman–Crippen LogP) is 7.07. The Morgan fingerprint density at radius 3 is 2.31 bits per heavy atom. The fraction of sp³-hybridized carbons (Fsp3) is 0.0833. The molecule has 0 spiro atoms. The van der Waals surface area contributed by atoms with Gasteiger partial charge >= 0.3 is 166 Å². The first kappa shape index (κ1) is 15.2. The van der Waals surface area contributed by atoms with Crippen LogP contribution in [0.1, 0.15) is 14.9 Å². The first-order chi connectivity index (χ1) is 12.7. The molecule has 0 amide bonds. The van der Waals surface area contributed by atoms with Gasteiger partial charge in [-0.1, -0.05) is 0 Å². The summed E-state index contributed by atoms with van der Waals surface area (Å²) in [4.78, 5) is 1.41. The molecule has 0 nitrogen and oxygen atoms in total. The van der Waals surface area contributed by atoms with Gasteiger partial charge in [0, 0.05) is 0 Å². The third-order valence-corrected chi connectivity index (χ3v) is 9.34. The van der Waals surface area contributed by atoms with Crippen LogP contribution < -0.4 is 0 Å². The van der Waals surface area contributed by atoms with Crippen molar-refractivity contribution in [2.75, 3.05) is 0 Å². The molecule has 2 heteroatoms. The van der Waals surface area contributed by atoms with Crippen LogP contribution in [0, 0.1) is 6.92 Å². The molecular weight excluding hydrogens is 448 g/mol. The predicted molar refractivity (Wildman–Crippen MR) is 118 cm³/mol. The summed E-state index contributed by atoms with van der Waals surface area (Å²) < 4.78 is 4.58. The van der Waals surface area contributed by atoms with Gasteiger partial charge in [-0.05, 0) is 0 Å². The Balaban J connectivity index is 1.61. The van der Waals surface area contributed by atoms with Crippen LogP contribution in [0.5, 0.6) is 0 Å². The average molecular weight is 464 g/mol. The van der Waals surface area contributed by atoms with Crippen molar-refractivity contribution < 1.29 is 0 Å². The maximum absolute atomic E-state index is 2.44. The molecule has 2 heterocycles. The zero-order valence-electron chi connectivity index (χ0n) is 14.4. The van der Waals surface area contributed by atoms with E-state index in [0.717, 1.165) is 6.42 Å². The van der Waals surface area contributed by atoms with Crippen molar-refractivity contribution in [2.24, 2.45) is 0 Å². The number of benzene rings is 3. The molecule has 0 fully saturated rings. The summed E-state index contributed by atoms with van der Waals surface area (Å²) in [5, 5.41) is 8.30. The van der Waals surface area contributed by atoms with Crippen LogP contribution in [0.3, 0.4) is 0 Å². The molecule has 124 valence electrons. The number of thiophene rings is 1. The molecule has 0 atom stereocenters. The van der Waals surface area contributed by atoms with Crippen molar-refractivity contribution in [3.05, 3.63) is 75.2 Å². The molecule has 2 aromatic heterocycles. The normalized spacial score (nSPS) is 14.3. The SMILES string of the molecule is Cc1cc2cc3cc4cc5sc(C6=CC=CC6)cc5cc4cc3cc2[te]1. The Morgan fingerprint density at radius 2 is 1.50 bits per heavy atom. The van der Waals surface area contributed by atoms with E-state index in [1.807, 2.05) is 11.3 Å². The van der Waals surface area contributed by atoms with Crippen molar-refractivity contribution in [1.29, 1.82) is 0 Å². The molecular formula is C24H16STe. The van der Waals surface area contributed by atoms with E-state index in [0.29, 0.717) is 0 Å². The fourth-order valence-corrected chi connectivity index (χ4v) is 7.85. The van der Waals surface area contributed by atoms with Gasteiger partial charge in [-0.25, -0.2) is 0 Å². The number of rotatable bonds is 1. The Bertz CT molecular complexity index is 1320. The summed E-state index contributed by atoms with van der Waals surface area (Å²) in [5.74, 6) is 0. The zero-order chi connectivity index (χ0) is 17.3. The van der Waals surface area contributed by atoms with Crippen molar-refractivity contribution in [3.8, 4) is 0 Å². The Labute approximate surface area is 165 Å². The average Bonchev–Trinajstić information content (AvgIpc) is 3.33. The van der Waals surface area contributed by atoms with E-state index in [1.54, 1.807) is 6.98 Å². The first-order valence-corrected chi connectivity index (χ1v) is 12.0. The third kappa shape index (κ3) is 2.33. The van der Waals surface area contributed by atoms with Gasteiger partial charge in [-0.15, -0.1) is 0 Å². The van der Waals surface area contributed by atoms with Gasteiger partial charge in [0.05, 0.1) is 0 Å². The summed E-state index contributed by atoms with van der Waals surface area (Å²) in [6.07, 6.45) is 7.72. The van der Waals surface area contributed by atoms with Gasteiger partial charge in [0.2, 0.25) is 0 Å². The molecule has 1 aliphatic carbocycles. The monoisotopic (exact) mass is 466 g/mol. The quantitative estimate of drug-likeness (QED) is 0.184. The molecule has 0 bridgehead atoms. The van der Waals surface area contributed by atoms with Gasteiger partial charge in [0.15, 0.2) is 0 Å². The van der Waals surface area contributed by atoms with Crippen molar-refractivity contribution in [2.45, 2.75) is 13.3 Å². The van der Waals surface area contributed by atoms with Crippen LogP contribution in [0.25, 0.3) is 46.0 Å². The molecule has 0 saturated carbocycles. The van der Waals surface area contributed by atoms with Gasteiger partial charge in [0.25, 0.3) is 0 Å². The second-order valence-electron chi connectivity index (χ2n) is 7.12. The summed E-state index contributed by atoms with van der Waals surface area (Å²) in [5.41, 5.74) is 1.45. The number of hydrogen-bond acceptors (Lipinski definition) is 1. The van der Waals surface area contributed by atoms with Gasteiger partial charge in [0.1, 0.15) is 0 Å². The topological polar surface area (TPSA) is 0 Å². The third-order valence-electron chi connectivity index (χ3n) is 5.28. The second kappa shape index (κ2) is 5.57. The minimum absolute atomic E-state index is 0.128. The maximum atomic E-state index is 2.44. The van der Waals surface area contributed by atoms with E-state index in [2.05, 4.69) is 73.7 Å². The van der Waals surface area contributed by atoms with Gasteiger partial charge < -0.3 is 0 Å². The Hall–Kier alpha value is -1.85. The van der Waals surface area contributed by atoms with E-state index in [-0.39, 0.29) is 20.4 Å². The summed E-state index contributed by atoms with van der Waals surface area (Å²) >= 11 is 1.79. The summed E-state index contributed by atoms with van der Waals surface area (Å²) in [6, 6.07) is 19.1. The van der Waals surface area contributed by atoms with Crippen LogP contribution >= 0.6 is 11.3 Å². The van der Waals surface area contributed by atoms with E-state index in [1.165, 1.54) is 47.5 Å². The number of hydrogen-bond donors (Lipinski definition) is 0. The van der Waals surface area contributed by atoms with E-state index in [4.69, 9.17) is 0 Å². The van der Waals surface area contributed by atoms with Crippen LogP contribution in [-0.4, -0.2) is 20.4 Å². The first-order valence-electron chi connectivity index (χ1n) is 8.90. The fourth-order valence-electron chi connectivity index (χ4n) is 4.00. The van der Waals surface area contributed by atoms with E-state index >= 15 is 0 Å². The van der Waals surface area contributed by atoms with Crippen molar-refractivity contribution in [3.63, 3.8) is 0 Å². The zero-order valence-corrected chi connectivity index (χ0v) is 17.5. The van der Waals surface area contributed by atoms with Gasteiger partial charge in [-0.2, -0.15) is 0 Å². The summed E-state index contributed by atoms with van der Waals surface area (Å²) in [6.45, 7) is 2.28. The second-order valence-corrected chi connectivity index (χ2v) is 11.9. The molecule has 0 aliphatic heterocycles. The Morgan fingerprint density at radius 1 is 0.769 bits per heavy atom. The number of aryl methyl sites for hydroxylation is 1. The number of allylic oxidation sites excluding steroid dienone is 4. The van der Waals surface area contributed by atoms with Crippen LogP contribution in [-0.2, 0) is 0 Å². The van der Waals surface area contributed by atoms with E-state index < -0.39 is 0 Å². The molecule has 0 unspecified atom stereocenters. The van der Waals surface area contributed by atoms with Crippen molar-refractivity contribution in [1.82, 2.24) is 0 Å². The molecule has 3 aromatic carbocycles. The molecule has 1 aliphatic rings. The van der Waals surface area contributed by atoms with Crippen LogP contribution in [0.15, 0.2) is 66.8 Å². The Kier molecular flexibility index (Phi) is 3.26. The standard InChI is InChI=1S/C24H16STe/c1-14-6-21-10-17-7-18-11-23-20(12-22(25-23)15-4-2-3-5-15)9-16(18)8-19(17)13-24(21)26-14/h2-4,6-13H,5H2,1H3. The minimum atomic E-state index is -0.128. The van der Waals surface area contributed by atoms with Crippen LogP contribution in [0.2, 0.25) is 0 Å². The molecule has 0 radical (unpaired) electrons. The number of fused-ring (bicyclic) bond motifs is 4. The summed E-state index contributed by atoms with van der Waals surface area (Å²) in [7, 11) is 0. The molecule has 0 N–H and O–H groups in total. The van der Waals surface area contributed by atoms with Crippen molar-refractivity contribution >= 4 is 77.8 Å². The molecule has 26 heavy (non-hydrogen) atoms. The van der Waals surface area contributed by atoms with Gasteiger partial charge in [-0.3, -0.25) is 0 Å². The van der Waals surface area contributed by atoms with Crippen LogP contribution in [0.4, 0.5) is 0 Å².